The lowest BCUT2D eigenvalue weighted by atomic mass is 9.85. The van der Waals surface area contributed by atoms with Crippen LogP contribution in [0, 0.1) is 11.3 Å². The highest BCUT2D eigenvalue weighted by Gasteiger charge is 2.38. The number of nitrogens with two attached hydrogens (primary N) is 1. The van der Waals surface area contributed by atoms with Gasteiger partial charge >= 0.3 is 0 Å². The van der Waals surface area contributed by atoms with Crippen LogP contribution in [-0.2, 0) is 4.79 Å². The molecular weight excluding hydrogens is 224 g/mol. The molecule has 0 radical (unpaired) electrons. The summed E-state index contributed by atoms with van der Waals surface area (Å²) in [4.78, 5) is 14.6. The van der Waals surface area contributed by atoms with Gasteiger partial charge in [0.1, 0.15) is 0 Å². The first kappa shape index (κ1) is 13.9. The second-order valence-electron chi connectivity index (χ2n) is 7.17. The number of amides is 1. The Hall–Kier alpha value is -0.570. The number of carbonyl (C=O) groups is 1. The summed E-state index contributed by atoms with van der Waals surface area (Å²) in [5.41, 5.74) is 6.27. The van der Waals surface area contributed by atoms with Gasteiger partial charge in [-0.3, -0.25) is 4.79 Å². The number of rotatable bonds is 2. The Morgan fingerprint density at radius 1 is 1.22 bits per heavy atom. The zero-order chi connectivity index (χ0) is 13.3. The van der Waals surface area contributed by atoms with Gasteiger partial charge in [-0.05, 0) is 37.0 Å². The lowest BCUT2D eigenvalue weighted by molar-refractivity contribution is -0.135. The van der Waals surface area contributed by atoms with Crippen molar-refractivity contribution >= 4 is 5.91 Å². The first-order valence-electron chi connectivity index (χ1n) is 7.44. The summed E-state index contributed by atoms with van der Waals surface area (Å²) in [5, 5.41) is 0. The second-order valence-corrected chi connectivity index (χ2v) is 7.17. The molecule has 1 saturated heterocycles. The van der Waals surface area contributed by atoms with E-state index in [1.54, 1.807) is 0 Å². The second kappa shape index (κ2) is 5.20. The Morgan fingerprint density at radius 3 is 2.50 bits per heavy atom. The van der Waals surface area contributed by atoms with Gasteiger partial charge in [-0.25, -0.2) is 0 Å². The van der Waals surface area contributed by atoms with Crippen molar-refractivity contribution in [3.8, 4) is 0 Å². The Labute approximate surface area is 111 Å². The zero-order valence-electron chi connectivity index (χ0n) is 12.1. The van der Waals surface area contributed by atoms with Crippen LogP contribution in [0.2, 0.25) is 0 Å². The van der Waals surface area contributed by atoms with E-state index in [0.717, 1.165) is 32.2 Å². The third kappa shape index (κ3) is 2.87. The van der Waals surface area contributed by atoms with Crippen LogP contribution < -0.4 is 5.73 Å². The van der Waals surface area contributed by atoms with Crippen molar-refractivity contribution in [1.82, 2.24) is 4.90 Å². The van der Waals surface area contributed by atoms with E-state index < -0.39 is 0 Å². The predicted octanol–water partition coefficient (Wildman–Crippen LogP) is 2.54. The summed E-state index contributed by atoms with van der Waals surface area (Å²) in [6, 6.07) is 0.673. The number of carbonyl (C=O) groups excluding carboxylic acids is 1. The van der Waals surface area contributed by atoms with Gasteiger partial charge in [0, 0.05) is 25.0 Å². The first-order chi connectivity index (χ1) is 8.39. The lowest BCUT2D eigenvalue weighted by Crippen LogP contribution is -2.44. The van der Waals surface area contributed by atoms with Crippen LogP contribution in [0.25, 0.3) is 0 Å². The Bertz CT molecular complexity index is 308. The lowest BCUT2D eigenvalue weighted by Gasteiger charge is -2.35. The normalized spacial score (nSPS) is 33.1. The molecule has 0 aromatic heterocycles. The van der Waals surface area contributed by atoms with Gasteiger partial charge in [-0.2, -0.15) is 0 Å². The quantitative estimate of drug-likeness (QED) is 0.821. The monoisotopic (exact) mass is 252 g/mol. The molecule has 1 saturated carbocycles. The SMILES string of the molecule is CC(C)(C)C1CCCN1C(=O)C[C@@H]1CCC[C@H]1N. The van der Waals surface area contributed by atoms with Gasteiger partial charge < -0.3 is 10.6 Å². The molecule has 1 unspecified atom stereocenters. The predicted molar refractivity (Wildman–Crippen MR) is 74.1 cm³/mol. The van der Waals surface area contributed by atoms with E-state index in [1.165, 1.54) is 6.42 Å². The number of likely N-dealkylation sites (tertiary alicyclic amines) is 1. The first-order valence-corrected chi connectivity index (χ1v) is 7.44. The molecule has 3 atom stereocenters. The molecule has 1 aliphatic carbocycles. The maximum atomic E-state index is 12.5. The van der Waals surface area contributed by atoms with Crippen LogP contribution in [0.4, 0.5) is 0 Å². The van der Waals surface area contributed by atoms with Crippen LogP contribution >= 0.6 is 0 Å². The summed E-state index contributed by atoms with van der Waals surface area (Å²) < 4.78 is 0. The van der Waals surface area contributed by atoms with Gasteiger partial charge in [0.05, 0.1) is 0 Å². The van der Waals surface area contributed by atoms with Gasteiger partial charge in [0.2, 0.25) is 5.91 Å². The standard InChI is InChI=1S/C15H28N2O/c1-15(2,3)13-8-5-9-17(13)14(18)10-11-6-4-7-12(11)16/h11-13H,4-10,16H2,1-3H3/t11-,12+,13?/m0/s1. The summed E-state index contributed by atoms with van der Waals surface area (Å²) >= 11 is 0. The van der Waals surface area contributed by atoms with Crippen molar-refractivity contribution in [2.75, 3.05) is 6.54 Å². The van der Waals surface area contributed by atoms with E-state index in [0.29, 0.717) is 24.3 Å². The molecule has 18 heavy (non-hydrogen) atoms. The third-order valence-corrected chi connectivity index (χ3v) is 4.73. The molecule has 3 nitrogen and oxygen atoms in total. The highest BCUT2D eigenvalue weighted by atomic mass is 16.2. The highest BCUT2D eigenvalue weighted by Crippen LogP contribution is 2.34. The molecule has 1 aliphatic heterocycles. The minimum absolute atomic E-state index is 0.198. The van der Waals surface area contributed by atoms with Gasteiger partial charge in [-0.15, -0.1) is 0 Å². The van der Waals surface area contributed by atoms with E-state index in [2.05, 4.69) is 25.7 Å². The van der Waals surface area contributed by atoms with E-state index >= 15 is 0 Å². The molecular formula is C15H28N2O. The maximum Gasteiger partial charge on any atom is 0.223 e. The van der Waals surface area contributed by atoms with Crippen LogP contribution in [0.1, 0.15) is 59.3 Å². The summed E-state index contributed by atoms with van der Waals surface area (Å²) in [6.07, 6.45) is 6.42. The summed E-state index contributed by atoms with van der Waals surface area (Å²) in [7, 11) is 0. The van der Waals surface area contributed by atoms with Gasteiger partial charge in [0.25, 0.3) is 0 Å². The maximum absolute atomic E-state index is 12.5. The minimum Gasteiger partial charge on any atom is -0.339 e. The smallest absolute Gasteiger partial charge is 0.223 e. The topological polar surface area (TPSA) is 46.3 Å². The average Bonchev–Trinajstić information content (AvgIpc) is 2.86. The Kier molecular flexibility index (Phi) is 4.00. The largest absolute Gasteiger partial charge is 0.339 e. The van der Waals surface area contributed by atoms with Gasteiger partial charge in [0.15, 0.2) is 0 Å². The fourth-order valence-corrected chi connectivity index (χ4v) is 3.63. The fraction of sp³-hybridized carbons (Fsp3) is 0.933. The van der Waals surface area contributed by atoms with Crippen LogP contribution in [0.5, 0.6) is 0 Å². The Morgan fingerprint density at radius 2 is 1.94 bits per heavy atom. The Balaban J connectivity index is 1.96. The molecule has 1 amide bonds. The molecule has 0 aromatic rings. The molecule has 0 spiro atoms. The number of hydrogen-bond acceptors (Lipinski definition) is 2. The third-order valence-electron chi connectivity index (χ3n) is 4.73. The number of hydrogen-bond donors (Lipinski definition) is 1. The van der Waals surface area contributed by atoms with E-state index in [-0.39, 0.29) is 11.5 Å². The van der Waals surface area contributed by atoms with Crippen molar-refractivity contribution in [2.45, 2.75) is 71.4 Å². The zero-order valence-corrected chi connectivity index (χ0v) is 12.1. The van der Waals surface area contributed by atoms with Crippen molar-refractivity contribution in [3.05, 3.63) is 0 Å². The van der Waals surface area contributed by atoms with E-state index in [9.17, 15) is 4.79 Å². The average molecular weight is 252 g/mol. The van der Waals surface area contributed by atoms with Crippen molar-refractivity contribution in [3.63, 3.8) is 0 Å². The molecule has 2 rings (SSSR count). The molecule has 2 fully saturated rings. The van der Waals surface area contributed by atoms with Crippen LogP contribution in [-0.4, -0.2) is 29.4 Å². The minimum atomic E-state index is 0.198. The molecule has 1 heterocycles. The van der Waals surface area contributed by atoms with Crippen molar-refractivity contribution < 1.29 is 4.79 Å². The summed E-state index contributed by atoms with van der Waals surface area (Å²) in [6.45, 7) is 7.67. The van der Waals surface area contributed by atoms with Crippen molar-refractivity contribution in [2.24, 2.45) is 17.1 Å². The molecule has 3 heteroatoms. The number of nitrogens with zero attached hydrogens (tertiary/aromatic N) is 1. The fourth-order valence-electron chi connectivity index (χ4n) is 3.63. The van der Waals surface area contributed by atoms with Gasteiger partial charge in [-0.1, -0.05) is 27.2 Å². The van der Waals surface area contributed by atoms with E-state index in [4.69, 9.17) is 5.73 Å². The molecule has 2 aliphatic rings. The molecule has 2 N–H and O–H groups in total. The van der Waals surface area contributed by atoms with Crippen LogP contribution in [0.15, 0.2) is 0 Å². The van der Waals surface area contributed by atoms with Crippen molar-refractivity contribution in [1.29, 1.82) is 0 Å². The van der Waals surface area contributed by atoms with Crippen LogP contribution in [0.3, 0.4) is 0 Å². The molecule has 0 aromatic carbocycles. The summed E-state index contributed by atoms with van der Waals surface area (Å²) in [5.74, 6) is 0.772. The highest BCUT2D eigenvalue weighted by molar-refractivity contribution is 5.77. The molecule has 104 valence electrons. The van der Waals surface area contributed by atoms with E-state index in [1.807, 2.05) is 0 Å². The molecule has 0 bridgehead atoms.